The largest absolute Gasteiger partial charge is 0.490 e. The Morgan fingerprint density at radius 1 is 1.07 bits per heavy atom. The Balaban J connectivity index is 0.000000591. The SMILES string of the molecule is O=C(O)C(F)(F)F.O=C1CC(c2ccc(C[C@H](NS(=O)(=O)c3ccccc3)c3ncc(-c4ccccc4)[nH]3)cc2Br)S(=O)(=O)N1. The lowest BCUT2D eigenvalue weighted by molar-refractivity contribution is -0.192. The molecule has 1 aliphatic rings. The maximum Gasteiger partial charge on any atom is 0.490 e. The van der Waals surface area contributed by atoms with Gasteiger partial charge >= 0.3 is 12.1 Å². The molecular weight excluding hydrogens is 705 g/mol. The van der Waals surface area contributed by atoms with Gasteiger partial charge < -0.3 is 10.1 Å². The monoisotopic (exact) mass is 728 g/mol. The van der Waals surface area contributed by atoms with Gasteiger partial charge in [-0.2, -0.15) is 13.2 Å². The number of carboxylic acid groups (broad SMARTS) is 1. The molecule has 238 valence electrons. The van der Waals surface area contributed by atoms with E-state index in [1.165, 1.54) is 12.1 Å². The van der Waals surface area contributed by atoms with E-state index in [4.69, 9.17) is 9.90 Å². The fourth-order valence-corrected chi connectivity index (χ4v) is 7.88. The van der Waals surface area contributed by atoms with Crippen LogP contribution in [0.25, 0.3) is 11.3 Å². The molecule has 0 radical (unpaired) electrons. The van der Waals surface area contributed by atoms with Crippen LogP contribution in [0, 0.1) is 0 Å². The number of hydrogen-bond acceptors (Lipinski definition) is 7. The van der Waals surface area contributed by atoms with Crippen molar-refractivity contribution in [1.82, 2.24) is 19.4 Å². The molecule has 2 atom stereocenters. The first-order valence-electron chi connectivity index (χ1n) is 12.9. The molecule has 0 bridgehead atoms. The fraction of sp³-hybridized carbons (Fsp3) is 0.179. The van der Waals surface area contributed by atoms with Crippen LogP contribution in [-0.4, -0.2) is 50.0 Å². The molecule has 0 aliphatic carbocycles. The van der Waals surface area contributed by atoms with E-state index in [0.717, 1.165) is 16.8 Å². The van der Waals surface area contributed by atoms with Crippen LogP contribution < -0.4 is 9.44 Å². The number of H-pyrrole nitrogens is 1. The van der Waals surface area contributed by atoms with Gasteiger partial charge in [0.2, 0.25) is 26.0 Å². The first kappa shape index (κ1) is 33.8. The summed E-state index contributed by atoms with van der Waals surface area (Å²) in [6.45, 7) is 0. The number of alkyl halides is 3. The van der Waals surface area contributed by atoms with Gasteiger partial charge in [-0.1, -0.05) is 76.6 Å². The molecule has 5 rings (SSSR count). The first-order chi connectivity index (χ1) is 21.1. The van der Waals surface area contributed by atoms with Crippen LogP contribution in [0.5, 0.6) is 0 Å². The van der Waals surface area contributed by atoms with E-state index in [0.29, 0.717) is 15.9 Å². The van der Waals surface area contributed by atoms with Crippen molar-refractivity contribution in [1.29, 1.82) is 0 Å². The Hall–Kier alpha value is -4.06. The van der Waals surface area contributed by atoms with Crippen molar-refractivity contribution in [2.24, 2.45) is 0 Å². The number of benzene rings is 3. The van der Waals surface area contributed by atoms with Crippen molar-refractivity contribution in [3.63, 3.8) is 0 Å². The van der Waals surface area contributed by atoms with Gasteiger partial charge in [-0.15, -0.1) is 0 Å². The van der Waals surface area contributed by atoms with Gasteiger partial charge in [-0.05, 0) is 41.3 Å². The fourth-order valence-electron chi connectivity index (χ4n) is 4.35. The van der Waals surface area contributed by atoms with E-state index in [9.17, 15) is 34.8 Å². The number of hydrogen-bond donors (Lipinski definition) is 4. The molecule has 1 aliphatic heterocycles. The van der Waals surface area contributed by atoms with Gasteiger partial charge in [0.05, 0.1) is 29.2 Å². The molecule has 0 spiro atoms. The minimum Gasteiger partial charge on any atom is -0.475 e. The summed E-state index contributed by atoms with van der Waals surface area (Å²) >= 11 is 3.44. The summed E-state index contributed by atoms with van der Waals surface area (Å²) in [5.41, 5.74) is 2.83. The standard InChI is InChI=1S/C26H23BrN4O5S2.C2HF3O2/c27-21-13-17(11-12-20(21)24-15-25(32)31-38(24,35)36)14-22(30-37(33,34)19-9-5-2-6-10-19)26-28-16-23(29-26)18-7-3-1-4-8-18;3-2(4,5)1(6)7/h1-13,16,22,24,30H,14-15H2,(H,28,29)(H,31,32);(H,6,7)/t22-,24?;/m0./s1. The average molecular weight is 730 g/mol. The Morgan fingerprint density at radius 3 is 2.20 bits per heavy atom. The molecule has 17 heteroatoms. The predicted molar refractivity (Wildman–Crippen MR) is 159 cm³/mol. The van der Waals surface area contributed by atoms with Gasteiger partial charge in [0, 0.05) is 4.47 Å². The summed E-state index contributed by atoms with van der Waals surface area (Å²) in [4.78, 5) is 28.4. The van der Waals surface area contributed by atoms with E-state index in [2.05, 4.69) is 30.6 Å². The lowest BCUT2D eigenvalue weighted by atomic mass is 10.0. The molecule has 4 N–H and O–H groups in total. The number of aromatic amines is 1. The van der Waals surface area contributed by atoms with Crippen LogP contribution in [0.1, 0.15) is 34.7 Å². The van der Waals surface area contributed by atoms with Gasteiger partial charge in [-0.3, -0.25) is 9.52 Å². The predicted octanol–water partition coefficient (Wildman–Crippen LogP) is 4.63. The number of carbonyl (C=O) groups excluding carboxylic acids is 1. The Kier molecular flexibility index (Phi) is 10.2. The smallest absolute Gasteiger partial charge is 0.475 e. The number of rotatable bonds is 8. The number of imidazole rings is 1. The third kappa shape index (κ3) is 8.56. The Labute approximate surface area is 264 Å². The second kappa shape index (κ2) is 13.5. The van der Waals surface area contributed by atoms with E-state index >= 15 is 0 Å². The van der Waals surface area contributed by atoms with E-state index in [1.807, 2.05) is 35.1 Å². The molecule has 4 aromatic rings. The Bertz CT molecular complexity index is 1900. The van der Waals surface area contributed by atoms with Gasteiger partial charge in [0.15, 0.2) is 0 Å². The van der Waals surface area contributed by atoms with Gasteiger partial charge in [0.25, 0.3) is 0 Å². The zero-order chi connectivity index (χ0) is 33.0. The lowest BCUT2D eigenvalue weighted by Crippen LogP contribution is -2.31. The third-order valence-electron chi connectivity index (χ3n) is 6.46. The number of nitrogens with zero attached hydrogens (tertiary/aromatic N) is 1. The van der Waals surface area contributed by atoms with Crippen molar-refractivity contribution in [3.8, 4) is 11.3 Å². The van der Waals surface area contributed by atoms with Gasteiger partial charge in [0.1, 0.15) is 11.1 Å². The molecule has 1 fully saturated rings. The van der Waals surface area contributed by atoms with Crippen LogP contribution in [0.4, 0.5) is 13.2 Å². The number of aromatic nitrogens is 2. The summed E-state index contributed by atoms with van der Waals surface area (Å²) in [5.74, 6) is -2.88. The van der Waals surface area contributed by atoms with Crippen molar-refractivity contribution in [3.05, 3.63) is 106 Å². The second-order valence-corrected chi connectivity index (χ2v) is 14.1. The molecule has 45 heavy (non-hydrogen) atoms. The number of sulfonamides is 2. The number of aliphatic carboxylic acids is 1. The topological polar surface area (TPSA) is 175 Å². The van der Waals surface area contributed by atoms with Crippen molar-refractivity contribution < 1.29 is 44.7 Å². The molecular formula is C28H24BrF3N4O7S2. The second-order valence-electron chi connectivity index (χ2n) is 9.66. The highest BCUT2D eigenvalue weighted by molar-refractivity contribution is 9.10. The number of nitrogens with one attached hydrogen (secondary N) is 3. The van der Waals surface area contributed by atoms with E-state index < -0.39 is 49.4 Å². The van der Waals surface area contributed by atoms with Crippen LogP contribution in [0.3, 0.4) is 0 Å². The first-order valence-corrected chi connectivity index (χ1v) is 16.7. The summed E-state index contributed by atoms with van der Waals surface area (Å²) in [7, 11) is -7.69. The zero-order valence-electron chi connectivity index (χ0n) is 22.8. The highest BCUT2D eigenvalue weighted by Crippen LogP contribution is 2.36. The van der Waals surface area contributed by atoms with Crippen molar-refractivity contribution in [2.45, 2.75) is 35.2 Å². The van der Waals surface area contributed by atoms with Crippen LogP contribution in [0.15, 0.2) is 94.4 Å². The minimum atomic E-state index is -5.08. The van der Waals surface area contributed by atoms with Crippen LogP contribution >= 0.6 is 15.9 Å². The number of amides is 1. The number of carbonyl (C=O) groups is 2. The van der Waals surface area contributed by atoms with Gasteiger partial charge in [-0.25, -0.2) is 31.3 Å². The highest BCUT2D eigenvalue weighted by atomic mass is 79.9. The minimum absolute atomic E-state index is 0.125. The summed E-state index contributed by atoms with van der Waals surface area (Å²) < 4.78 is 88.1. The Morgan fingerprint density at radius 2 is 1.67 bits per heavy atom. The average Bonchev–Trinajstić information content (AvgIpc) is 3.57. The van der Waals surface area contributed by atoms with E-state index in [-0.39, 0.29) is 17.7 Å². The molecule has 1 aromatic heterocycles. The quantitative estimate of drug-likeness (QED) is 0.203. The molecule has 1 saturated heterocycles. The molecule has 2 heterocycles. The molecule has 11 nitrogen and oxygen atoms in total. The van der Waals surface area contributed by atoms with Crippen LogP contribution in [-0.2, 0) is 36.1 Å². The van der Waals surface area contributed by atoms with Crippen LogP contribution in [0.2, 0.25) is 0 Å². The van der Waals surface area contributed by atoms with Crippen molar-refractivity contribution in [2.75, 3.05) is 0 Å². The summed E-state index contributed by atoms with van der Waals surface area (Å²) in [6, 6.07) is 22.0. The zero-order valence-corrected chi connectivity index (χ0v) is 26.0. The van der Waals surface area contributed by atoms with Crippen molar-refractivity contribution >= 4 is 47.9 Å². The third-order valence-corrected chi connectivity index (χ3v) is 10.3. The normalized spacial score (nSPS) is 16.7. The van der Waals surface area contributed by atoms with E-state index in [1.54, 1.807) is 42.6 Å². The maximum atomic E-state index is 13.2. The maximum absolute atomic E-state index is 13.2. The summed E-state index contributed by atoms with van der Waals surface area (Å²) in [6.07, 6.45) is -3.36. The molecule has 1 unspecified atom stereocenters. The lowest BCUT2D eigenvalue weighted by Gasteiger charge is -2.18. The summed E-state index contributed by atoms with van der Waals surface area (Å²) in [5, 5.41) is 6.13. The molecule has 1 amide bonds. The highest BCUT2D eigenvalue weighted by Gasteiger charge is 2.39. The number of carboxylic acids is 1. The molecule has 0 saturated carbocycles. The molecule has 3 aromatic carbocycles. The number of halogens is 4.